The van der Waals surface area contributed by atoms with E-state index in [1.54, 1.807) is 40.9 Å². The number of rotatable bonds is 9. The van der Waals surface area contributed by atoms with Gasteiger partial charge in [0.15, 0.2) is 0 Å². The lowest BCUT2D eigenvalue weighted by atomic mass is 10.0. The Morgan fingerprint density at radius 1 is 1.16 bits per heavy atom. The van der Waals surface area contributed by atoms with Crippen LogP contribution in [-0.2, 0) is 11.3 Å². The van der Waals surface area contributed by atoms with E-state index in [1.807, 2.05) is 13.8 Å². The van der Waals surface area contributed by atoms with Crippen LogP contribution in [0.1, 0.15) is 13.8 Å². The van der Waals surface area contributed by atoms with E-state index in [-0.39, 0.29) is 33.1 Å². The van der Waals surface area contributed by atoms with Gasteiger partial charge in [-0.25, -0.2) is 4.98 Å². The second-order valence-electron chi connectivity index (χ2n) is 9.14. The first-order valence-corrected chi connectivity index (χ1v) is 12.8. The molecule has 38 heavy (non-hydrogen) atoms. The van der Waals surface area contributed by atoms with Crippen molar-refractivity contribution < 1.29 is 14.3 Å². The fourth-order valence-electron chi connectivity index (χ4n) is 4.29. The summed E-state index contributed by atoms with van der Waals surface area (Å²) >= 11 is 13.3. The van der Waals surface area contributed by atoms with Gasteiger partial charge in [0.2, 0.25) is 11.9 Å². The summed E-state index contributed by atoms with van der Waals surface area (Å²) < 4.78 is 12.4. The molecule has 0 spiro atoms. The number of pyridine rings is 1. The van der Waals surface area contributed by atoms with Crippen LogP contribution < -0.4 is 25.7 Å². The quantitative estimate of drug-likeness (QED) is 0.382. The Morgan fingerprint density at radius 2 is 1.82 bits per heavy atom. The molecule has 3 aromatic rings. The third-order valence-electron chi connectivity index (χ3n) is 6.27. The highest BCUT2D eigenvalue weighted by Crippen LogP contribution is 2.45. The zero-order valence-electron chi connectivity index (χ0n) is 21.9. The number of likely N-dealkylation sites (tertiary alicyclic amines) is 1. The molecular formula is C26H30Cl2N6O4. The van der Waals surface area contributed by atoms with Crippen molar-refractivity contribution in [2.45, 2.75) is 26.4 Å². The maximum Gasteiger partial charge on any atom is 0.260 e. The van der Waals surface area contributed by atoms with Gasteiger partial charge in [0.25, 0.3) is 5.56 Å². The Kier molecular flexibility index (Phi) is 8.44. The van der Waals surface area contributed by atoms with Crippen LogP contribution in [0.25, 0.3) is 22.2 Å². The number of hydrogen-bond acceptors (Lipinski definition) is 8. The molecule has 0 atom stereocenters. The van der Waals surface area contributed by atoms with E-state index < -0.39 is 0 Å². The molecule has 10 nitrogen and oxygen atoms in total. The summed E-state index contributed by atoms with van der Waals surface area (Å²) in [6.45, 7) is 5.81. The average Bonchev–Trinajstić information content (AvgIpc) is 2.86. The molecule has 0 radical (unpaired) electrons. The Labute approximate surface area is 230 Å². The number of ether oxygens (including phenoxy) is 2. The highest BCUT2D eigenvalue weighted by Gasteiger charge is 2.29. The van der Waals surface area contributed by atoms with Crippen molar-refractivity contribution in [2.24, 2.45) is 0 Å². The molecule has 2 aromatic heterocycles. The minimum absolute atomic E-state index is 0.0109. The number of anilines is 1. The van der Waals surface area contributed by atoms with Gasteiger partial charge >= 0.3 is 0 Å². The van der Waals surface area contributed by atoms with Crippen LogP contribution in [0.5, 0.6) is 11.5 Å². The number of allylic oxidation sites excluding steroid dienone is 1. The number of fused-ring (bicyclic) bond motifs is 1. The Morgan fingerprint density at radius 3 is 2.39 bits per heavy atom. The largest absolute Gasteiger partial charge is 0.495 e. The molecule has 2 N–H and O–H groups in total. The van der Waals surface area contributed by atoms with Crippen LogP contribution in [0.15, 0.2) is 34.8 Å². The molecule has 1 fully saturated rings. The monoisotopic (exact) mass is 560 g/mol. The lowest BCUT2D eigenvalue weighted by Crippen LogP contribution is -2.60. The van der Waals surface area contributed by atoms with Crippen molar-refractivity contribution in [2.75, 3.05) is 46.2 Å². The van der Waals surface area contributed by atoms with Crippen LogP contribution >= 0.6 is 23.2 Å². The Balaban J connectivity index is 1.69. The highest BCUT2D eigenvalue weighted by atomic mass is 35.5. The fourth-order valence-corrected chi connectivity index (χ4v) is 5.00. The summed E-state index contributed by atoms with van der Waals surface area (Å²) in [5, 5.41) is 7.36. The number of benzene rings is 1. The standard InChI is InChI=1S/C26H30Cl2N6O4/c1-14(2)8-20(35)33-12-16(13-33)30-6-7-34-24-15(11-31-26(29-3)32-24)9-17(25(34)36)21-22(27)18(37-4)10-19(38-5)23(21)28/h8-11,16,30H,6-7,12-13H2,1-5H3,(H,29,31,32). The molecular weight excluding hydrogens is 531 g/mol. The lowest BCUT2D eigenvalue weighted by Gasteiger charge is -2.39. The lowest BCUT2D eigenvalue weighted by molar-refractivity contribution is -0.130. The molecule has 3 heterocycles. The fraction of sp³-hybridized carbons (Fsp3) is 0.385. The predicted molar refractivity (Wildman–Crippen MR) is 150 cm³/mol. The van der Waals surface area contributed by atoms with Crippen LogP contribution in [0.3, 0.4) is 0 Å². The van der Waals surface area contributed by atoms with Crippen molar-refractivity contribution in [3.05, 3.63) is 50.4 Å². The first-order valence-electron chi connectivity index (χ1n) is 12.0. The molecule has 1 aliphatic rings. The summed E-state index contributed by atoms with van der Waals surface area (Å²) in [5.74, 6) is 1.05. The van der Waals surface area contributed by atoms with Gasteiger partial charge in [0.1, 0.15) is 17.1 Å². The number of carbonyl (C=O) groups is 1. The van der Waals surface area contributed by atoms with Crippen LogP contribution in [0.4, 0.5) is 5.95 Å². The number of aromatic nitrogens is 3. The topological polar surface area (TPSA) is 111 Å². The zero-order valence-corrected chi connectivity index (χ0v) is 23.4. The van der Waals surface area contributed by atoms with E-state index in [4.69, 9.17) is 32.7 Å². The van der Waals surface area contributed by atoms with Gasteiger partial charge in [-0.15, -0.1) is 0 Å². The minimum Gasteiger partial charge on any atom is -0.495 e. The van der Waals surface area contributed by atoms with E-state index in [0.29, 0.717) is 60.2 Å². The zero-order chi connectivity index (χ0) is 27.6. The van der Waals surface area contributed by atoms with E-state index in [2.05, 4.69) is 20.6 Å². The van der Waals surface area contributed by atoms with Gasteiger partial charge in [-0.05, 0) is 19.9 Å². The first kappa shape index (κ1) is 27.7. The van der Waals surface area contributed by atoms with Crippen molar-refractivity contribution in [1.29, 1.82) is 0 Å². The van der Waals surface area contributed by atoms with Gasteiger partial charge in [-0.2, -0.15) is 4.98 Å². The van der Waals surface area contributed by atoms with Crippen molar-refractivity contribution in [3.8, 4) is 22.6 Å². The number of carbonyl (C=O) groups excluding carboxylic acids is 1. The van der Waals surface area contributed by atoms with Gasteiger partial charge in [-0.3, -0.25) is 14.2 Å². The first-order chi connectivity index (χ1) is 18.2. The molecule has 1 amide bonds. The molecule has 1 aliphatic heterocycles. The van der Waals surface area contributed by atoms with Crippen LogP contribution in [0, 0.1) is 0 Å². The second-order valence-corrected chi connectivity index (χ2v) is 9.89. The van der Waals surface area contributed by atoms with Gasteiger partial charge in [0, 0.05) is 68.6 Å². The number of nitrogens with zero attached hydrogens (tertiary/aromatic N) is 4. The van der Waals surface area contributed by atoms with Crippen molar-refractivity contribution in [3.63, 3.8) is 0 Å². The molecule has 0 bridgehead atoms. The molecule has 12 heteroatoms. The Hall–Kier alpha value is -3.34. The van der Waals surface area contributed by atoms with Gasteiger partial charge in [0.05, 0.1) is 29.8 Å². The van der Waals surface area contributed by atoms with E-state index in [9.17, 15) is 9.59 Å². The van der Waals surface area contributed by atoms with Crippen molar-refractivity contribution in [1.82, 2.24) is 24.8 Å². The third kappa shape index (κ3) is 5.43. The van der Waals surface area contributed by atoms with E-state index >= 15 is 0 Å². The minimum atomic E-state index is -0.326. The SMILES string of the molecule is CNc1ncc2cc(-c3c(Cl)c(OC)cc(OC)c3Cl)c(=O)n(CCNC3CN(C(=O)C=C(C)C)C3)c2n1. The smallest absolute Gasteiger partial charge is 0.260 e. The summed E-state index contributed by atoms with van der Waals surface area (Å²) in [6, 6.07) is 3.39. The van der Waals surface area contributed by atoms with E-state index in [1.165, 1.54) is 14.2 Å². The highest BCUT2D eigenvalue weighted by molar-refractivity contribution is 6.41. The molecule has 4 rings (SSSR count). The number of nitrogens with one attached hydrogen (secondary N) is 2. The molecule has 0 aliphatic carbocycles. The van der Waals surface area contributed by atoms with E-state index in [0.717, 1.165) is 5.57 Å². The number of hydrogen-bond donors (Lipinski definition) is 2. The summed E-state index contributed by atoms with van der Waals surface area (Å²) in [4.78, 5) is 36.7. The number of halogens is 2. The van der Waals surface area contributed by atoms with Crippen molar-refractivity contribution >= 4 is 46.1 Å². The second kappa shape index (κ2) is 11.6. The summed E-state index contributed by atoms with van der Waals surface area (Å²) in [6.07, 6.45) is 3.27. The van der Waals surface area contributed by atoms with Gasteiger partial charge < -0.3 is 25.0 Å². The van der Waals surface area contributed by atoms with Gasteiger partial charge in [-0.1, -0.05) is 28.8 Å². The molecule has 1 saturated heterocycles. The number of methoxy groups -OCH3 is 2. The Bertz CT molecular complexity index is 1430. The molecule has 0 unspecified atom stereocenters. The third-order valence-corrected chi connectivity index (χ3v) is 7.02. The normalized spacial score (nSPS) is 13.3. The summed E-state index contributed by atoms with van der Waals surface area (Å²) in [5.41, 5.74) is 1.69. The van der Waals surface area contributed by atoms with Crippen LogP contribution in [0.2, 0.25) is 10.0 Å². The average molecular weight is 561 g/mol. The van der Waals surface area contributed by atoms with Crippen LogP contribution in [-0.4, -0.2) is 72.3 Å². The molecule has 1 aromatic carbocycles. The predicted octanol–water partition coefficient (Wildman–Crippen LogP) is 3.59. The number of amides is 1. The molecule has 202 valence electrons. The summed E-state index contributed by atoms with van der Waals surface area (Å²) in [7, 11) is 4.66. The molecule has 0 saturated carbocycles. The maximum atomic E-state index is 13.9. The maximum absolute atomic E-state index is 13.9.